The summed E-state index contributed by atoms with van der Waals surface area (Å²) < 4.78 is 5.48. The standard InChI is InChI=1S/C21H18N2O/c1-15(13-16-11-12-17-7-5-6-10-19(17)14-16)21-22-20(23-24-21)18-8-3-2-4-9-18/h2-12,14-15H,13H2,1H3/t15-/m1/s1. The minimum absolute atomic E-state index is 0.177. The highest BCUT2D eigenvalue weighted by molar-refractivity contribution is 5.83. The molecule has 0 saturated heterocycles. The van der Waals surface area contributed by atoms with Gasteiger partial charge in [0.05, 0.1) is 0 Å². The van der Waals surface area contributed by atoms with Crippen molar-refractivity contribution >= 4 is 10.8 Å². The molecule has 3 nitrogen and oxygen atoms in total. The third kappa shape index (κ3) is 2.93. The van der Waals surface area contributed by atoms with Crippen molar-refractivity contribution in [3.63, 3.8) is 0 Å². The lowest BCUT2D eigenvalue weighted by atomic mass is 9.98. The Labute approximate surface area is 141 Å². The Balaban J connectivity index is 1.55. The minimum Gasteiger partial charge on any atom is -0.339 e. The Hall–Kier alpha value is -2.94. The topological polar surface area (TPSA) is 38.9 Å². The molecule has 0 unspecified atom stereocenters. The van der Waals surface area contributed by atoms with E-state index in [1.165, 1.54) is 16.3 Å². The fourth-order valence-corrected chi connectivity index (χ4v) is 2.95. The summed E-state index contributed by atoms with van der Waals surface area (Å²) in [6, 6.07) is 24.9. The maximum Gasteiger partial charge on any atom is 0.230 e. The van der Waals surface area contributed by atoms with E-state index in [1.54, 1.807) is 0 Å². The van der Waals surface area contributed by atoms with Gasteiger partial charge in [-0.3, -0.25) is 0 Å². The summed E-state index contributed by atoms with van der Waals surface area (Å²) in [4.78, 5) is 4.56. The number of hydrogen-bond acceptors (Lipinski definition) is 3. The molecule has 3 heteroatoms. The summed E-state index contributed by atoms with van der Waals surface area (Å²) in [7, 11) is 0. The van der Waals surface area contributed by atoms with Crippen LogP contribution in [0, 0.1) is 0 Å². The van der Waals surface area contributed by atoms with E-state index in [0.717, 1.165) is 12.0 Å². The first-order valence-corrected chi connectivity index (χ1v) is 8.16. The molecule has 1 aromatic heterocycles. The van der Waals surface area contributed by atoms with Gasteiger partial charge in [-0.25, -0.2) is 0 Å². The van der Waals surface area contributed by atoms with Crippen LogP contribution in [-0.4, -0.2) is 10.1 Å². The first kappa shape index (κ1) is 14.6. The zero-order valence-corrected chi connectivity index (χ0v) is 13.5. The molecule has 0 aliphatic rings. The number of aromatic nitrogens is 2. The lowest BCUT2D eigenvalue weighted by molar-refractivity contribution is 0.359. The van der Waals surface area contributed by atoms with Crippen molar-refractivity contribution in [1.29, 1.82) is 0 Å². The van der Waals surface area contributed by atoms with Gasteiger partial charge in [-0.2, -0.15) is 4.98 Å². The summed E-state index contributed by atoms with van der Waals surface area (Å²) in [6.07, 6.45) is 0.876. The summed E-state index contributed by atoms with van der Waals surface area (Å²) >= 11 is 0. The molecular formula is C21H18N2O. The highest BCUT2D eigenvalue weighted by atomic mass is 16.5. The third-order valence-corrected chi connectivity index (χ3v) is 4.25. The lowest BCUT2D eigenvalue weighted by Crippen LogP contribution is -1.99. The van der Waals surface area contributed by atoms with Gasteiger partial charge in [0.1, 0.15) is 0 Å². The zero-order chi connectivity index (χ0) is 16.4. The summed E-state index contributed by atoms with van der Waals surface area (Å²) in [5.41, 5.74) is 2.26. The van der Waals surface area contributed by atoms with E-state index in [2.05, 4.69) is 59.5 Å². The molecule has 24 heavy (non-hydrogen) atoms. The molecule has 0 N–H and O–H groups in total. The molecule has 4 aromatic rings. The molecule has 0 radical (unpaired) electrons. The molecule has 0 aliphatic heterocycles. The lowest BCUT2D eigenvalue weighted by Gasteiger charge is -2.07. The molecule has 0 aliphatic carbocycles. The molecule has 0 spiro atoms. The maximum atomic E-state index is 5.48. The van der Waals surface area contributed by atoms with E-state index in [-0.39, 0.29) is 5.92 Å². The molecule has 0 saturated carbocycles. The SMILES string of the molecule is C[C@H](Cc1ccc2ccccc2c1)c1nc(-c2ccccc2)no1. The van der Waals surface area contributed by atoms with Gasteiger partial charge in [0.25, 0.3) is 0 Å². The van der Waals surface area contributed by atoms with Crippen molar-refractivity contribution in [3.8, 4) is 11.4 Å². The smallest absolute Gasteiger partial charge is 0.230 e. The fraction of sp³-hybridized carbons (Fsp3) is 0.143. The Morgan fingerprint density at radius 2 is 1.62 bits per heavy atom. The molecule has 0 bridgehead atoms. The van der Waals surface area contributed by atoms with Crippen molar-refractivity contribution in [3.05, 3.63) is 84.3 Å². The normalized spacial score (nSPS) is 12.4. The molecule has 0 amide bonds. The predicted molar refractivity (Wildman–Crippen MR) is 95.8 cm³/mol. The van der Waals surface area contributed by atoms with Crippen LogP contribution in [0.3, 0.4) is 0 Å². The molecular weight excluding hydrogens is 296 g/mol. The van der Waals surface area contributed by atoms with Crippen molar-refractivity contribution in [2.75, 3.05) is 0 Å². The first-order chi connectivity index (χ1) is 11.8. The van der Waals surface area contributed by atoms with E-state index < -0.39 is 0 Å². The van der Waals surface area contributed by atoms with E-state index in [9.17, 15) is 0 Å². The second kappa shape index (κ2) is 6.28. The number of hydrogen-bond donors (Lipinski definition) is 0. The molecule has 0 fully saturated rings. The number of rotatable bonds is 4. The second-order valence-corrected chi connectivity index (χ2v) is 6.11. The van der Waals surface area contributed by atoms with Crippen LogP contribution in [0.1, 0.15) is 24.3 Å². The molecule has 1 heterocycles. The van der Waals surface area contributed by atoms with Crippen molar-refractivity contribution < 1.29 is 4.52 Å². The van der Waals surface area contributed by atoms with Gasteiger partial charge in [-0.05, 0) is 22.8 Å². The van der Waals surface area contributed by atoms with Gasteiger partial charge in [0.15, 0.2) is 0 Å². The Bertz CT molecular complexity index is 960. The van der Waals surface area contributed by atoms with Crippen LogP contribution in [0.2, 0.25) is 0 Å². The van der Waals surface area contributed by atoms with Gasteiger partial charge in [0.2, 0.25) is 11.7 Å². The Morgan fingerprint density at radius 3 is 2.46 bits per heavy atom. The van der Waals surface area contributed by atoms with Crippen LogP contribution in [0.25, 0.3) is 22.2 Å². The van der Waals surface area contributed by atoms with Crippen LogP contribution >= 0.6 is 0 Å². The molecule has 118 valence electrons. The number of nitrogens with zero attached hydrogens (tertiary/aromatic N) is 2. The van der Waals surface area contributed by atoms with Crippen molar-refractivity contribution in [2.24, 2.45) is 0 Å². The molecule has 3 aromatic carbocycles. The van der Waals surface area contributed by atoms with Gasteiger partial charge in [0, 0.05) is 11.5 Å². The van der Waals surface area contributed by atoms with E-state index >= 15 is 0 Å². The van der Waals surface area contributed by atoms with Crippen molar-refractivity contribution in [2.45, 2.75) is 19.3 Å². The minimum atomic E-state index is 0.177. The van der Waals surface area contributed by atoms with Crippen LogP contribution in [0.15, 0.2) is 77.3 Å². The van der Waals surface area contributed by atoms with Gasteiger partial charge in [-0.15, -0.1) is 0 Å². The van der Waals surface area contributed by atoms with Crippen LogP contribution in [-0.2, 0) is 6.42 Å². The summed E-state index contributed by atoms with van der Waals surface area (Å²) in [5, 5.41) is 6.64. The largest absolute Gasteiger partial charge is 0.339 e. The third-order valence-electron chi connectivity index (χ3n) is 4.25. The zero-order valence-electron chi connectivity index (χ0n) is 13.5. The average molecular weight is 314 g/mol. The Kier molecular flexibility index (Phi) is 3.83. The summed E-state index contributed by atoms with van der Waals surface area (Å²) in [5.74, 6) is 1.51. The number of fused-ring (bicyclic) bond motifs is 1. The molecule has 4 rings (SSSR count). The predicted octanol–water partition coefficient (Wildman–Crippen LogP) is 5.24. The number of benzene rings is 3. The van der Waals surface area contributed by atoms with Gasteiger partial charge < -0.3 is 4.52 Å². The van der Waals surface area contributed by atoms with Crippen molar-refractivity contribution in [1.82, 2.24) is 10.1 Å². The van der Waals surface area contributed by atoms with E-state index in [1.807, 2.05) is 30.3 Å². The summed E-state index contributed by atoms with van der Waals surface area (Å²) in [6.45, 7) is 2.12. The molecule has 1 atom stereocenters. The highest BCUT2D eigenvalue weighted by Crippen LogP contribution is 2.24. The van der Waals surface area contributed by atoms with Crippen LogP contribution in [0.4, 0.5) is 0 Å². The fourth-order valence-electron chi connectivity index (χ4n) is 2.95. The second-order valence-electron chi connectivity index (χ2n) is 6.11. The average Bonchev–Trinajstić information content (AvgIpc) is 3.13. The van der Waals surface area contributed by atoms with E-state index in [0.29, 0.717) is 11.7 Å². The van der Waals surface area contributed by atoms with E-state index in [4.69, 9.17) is 4.52 Å². The van der Waals surface area contributed by atoms with Crippen LogP contribution in [0.5, 0.6) is 0 Å². The highest BCUT2D eigenvalue weighted by Gasteiger charge is 2.16. The maximum absolute atomic E-state index is 5.48. The quantitative estimate of drug-likeness (QED) is 0.517. The first-order valence-electron chi connectivity index (χ1n) is 8.16. The van der Waals surface area contributed by atoms with Gasteiger partial charge in [-0.1, -0.05) is 84.9 Å². The van der Waals surface area contributed by atoms with Crippen LogP contribution < -0.4 is 0 Å². The van der Waals surface area contributed by atoms with Gasteiger partial charge >= 0.3 is 0 Å². The Morgan fingerprint density at radius 1 is 0.875 bits per heavy atom. The monoisotopic (exact) mass is 314 g/mol.